The largest absolute Gasteiger partial charge is 0.467 e. The molecule has 0 saturated carbocycles. The monoisotopic (exact) mass is 549 g/mol. The number of morpholine rings is 1. The number of nitrogens with zero attached hydrogens (tertiary/aromatic N) is 1. The Morgan fingerprint density at radius 1 is 0.925 bits per heavy atom. The van der Waals surface area contributed by atoms with Gasteiger partial charge in [-0.1, -0.05) is 24.0 Å². The predicted molar refractivity (Wildman–Crippen MR) is 152 cm³/mol. The molecule has 0 aliphatic carbocycles. The van der Waals surface area contributed by atoms with E-state index in [1.54, 1.807) is 58.9 Å². The summed E-state index contributed by atoms with van der Waals surface area (Å²) in [5, 5.41) is 5.32. The Balaban J connectivity index is 1.63. The van der Waals surface area contributed by atoms with Crippen molar-refractivity contribution >= 4 is 18.0 Å². The van der Waals surface area contributed by atoms with E-state index in [1.807, 2.05) is 12.1 Å². The lowest BCUT2D eigenvalue weighted by Crippen LogP contribution is -2.62. The van der Waals surface area contributed by atoms with E-state index in [2.05, 4.69) is 39.5 Å². The summed E-state index contributed by atoms with van der Waals surface area (Å²) in [5.74, 6) is 5.07. The van der Waals surface area contributed by atoms with Gasteiger partial charge in [0.05, 0.1) is 25.9 Å². The molecule has 1 unspecified atom stereocenters. The number of amides is 2. The van der Waals surface area contributed by atoms with E-state index in [0.29, 0.717) is 5.56 Å². The predicted octanol–water partition coefficient (Wildman–Crippen LogP) is 3.49. The number of rotatable bonds is 7. The third-order valence-corrected chi connectivity index (χ3v) is 6.22. The minimum Gasteiger partial charge on any atom is -0.467 e. The van der Waals surface area contributed by atoms with Crippen molar-refractivity contribution in [2.45, 2.75) is 58.3 Å². The topological polar surface area (TPSA) is 106 Å². The van der Waals surface area contributed by atoms with Gasteiger partial charge in [-0.05, 0) is 76.6 Å². The van der Waals surface area contributed by atoms with Crippen LogP contribution >= 0.6 is 0 Å². The van der Waals surface area contributed by atoms with E-state index < -0.39 is 35.2 Å². The Kier molecular flexibility index (Phi) is 10.3. The van der Waals surface area contributed by atoms with Crippen LogP contribution in [0.4, 0.5) is 4.79 Å². The van der Waals surface area contributed by atoms with Crippen molar-refractivity contribution in [3.8, 4) is 11.8 Å². The minimum atomic E-state index is -1.20. The van der Waals surface area contributed by atoms with Gasteiger partial charge in [0.25, 0.3) is 5.91 Å². The summed E-state index contributed by atoms with van der Waals surface area (Å²) in [7, 11) is 1.22. The van der Waals surface area contributed by atoms with Crippen molar-refractivity contribution < 1.29 is 28.6 Å². The van der Waals surface area contributed by atoms with Crippen LogP contribution in [-0.4, -0.2) is 73.5 Å². The molecule has 0 radical (unpaired) electrons. The van der Waals surface area contributed by atoms with Crippen LogP contribution in [0.5, 0.6) is 0 Å². The van der Waals surface area contributed by atoms with Crippen molar-refractivity contribution in [1.29, 1.82) is 0 Å². The molecule has 9 heteroatoms. The first-order valence-corrected chi connectivity index (χ1v) is 13.3. The third kappa shape index (κ3) is 9.40. The third-order valence-electron chi connectivity index (χ3n) is 6.22. The van der Waals surface area contributed by atoms with Crippen LogP contribution in [0.1, 0.15) is 61.7 Å². The number of alkyl carbamates (subject to hydrolysis) is 1. The first-order valence-electron chi connectivity index (χ1n) is 13.3. The average Bonchev–Trinajstić information content (AvgIpc) is 2.90. The SMILES string of the molecule is COC(=O)C(NC(=O)c1ccc(C#Cc2ccc(CN3CCOCC3)cc2)cc1)C(C)(C)NC(=O)OC(C)(C)C. The molecule has 2 N–H and O–H groups in total. The van der Waals surface area contributed by atoms with Gasteiger partial charge in [-0.2, -0.15) is 0 Å². The molecule has 1 fully saturated rings. The quantitative estimate of drug-likeness (QED) is 0.402. The number of carbonyl (C=O) groups is 3. The number of carbonyl (C=O) groups excluding carboxylic acids is 3. The molecule has 0 spiro atoms. The van der Waals surface area contributed by atoms with Gasteiger partial charge in [-0.3, -0.25) is 9.69 Å². The zero-order valence-electron chi connectivity index (χ0n) is 24.1. The standard InChI is InChI=1S/C31H39N3O6/c1-30(2,3)40-29(37)33-31(4,5)26(28(36)38-6)32-27(35)25-15-13-23(14-16-25)8-7-22-9-11-24(12-10-22)21-34-17-19-39-20-18-34/h9-16,26H,17-21H2,1-6H3,(H,32,35)(H,33,37). The van der Waals surface area contributed by atoms with Gasteiger partial charge in [0, 0.05) is 36.3 Å². The molecular formula is C31H39N3O6. The lowest BCUT2D eigenvalue weighted by molar-refractivity contribution is -0.144. The van der Waals surface area contributed by atoms with Gasteiger partial charge in [0.2, 0.25) is 0 Å². The van der Waals surface area contributed by atoms with Gasteiger partial charge < -0.3 is 24.8 Å². The van der Waals surface area contributed by atoms with Crippen molar-refractivity contribution in [2.24, 2.45) is 0 Å². The molecule has 2 amide bonds. The maximum atomic E-state index is 13.0. The lowest BCUT2D eigenvalue weighted by Gasteiger charge is -2.34. The fourth-order valence-corrected chi connectivity index (χ4v) is 4.07. The van der Waals surface area contributed by atoms with Crippen LogP contribution in [0, 0.1) is 11.8 Å². The molecule has 1 atom stereocenters. The van der Waals surface area contributed by atoms with E-state index in [-0.39, 0.29) is 0 Å². The second-order valence-corrected chi connectivity index (χ2v) is 11.2. The summed E-state index contributed by atoms with van der Waals surface area (Å²) in [6.45, 7) is 12.7. The van der Waals surface area contributed by atoms with Crippen LogP contribution in [0.3, 0.4) is 0 Å². The van der Waals surface area contributed by atoms with Gasteiger partial charge in [0.15, 0.2) is 0 Å². The second kappa shape index (κ2) is 13.5. The van der Waals surface area contributed by atoms with Crippen molar-refractivity contribution in [1.82, 2.24) is 15.5 Å². The first kappa shape index (κ1) is 30.7. The number of benzene rings is 2. The highest BCUT2D eigenvalue weighted by Gasteiger charge is 2.39. The first-order chi connectivity index (χ1) is 18.9. The summed E-state index contributed by atoms with van der Waals surface area (Å²) in [6, 6.07) is 13.8. The Morgan fingerprint density at radius 3 is 2.00 bits per heavy atom. The Morgan fingerprint density at radius 2 is 1.48 bits per heavy atom. The minimum absolute atomic E-state index is 0.333. The maximum Gasteiger partial charge on any atom is 0.408 e. The summed E-state index contributed by atoms with van der Waals surface area (Å²) in [6.07, 6.45) is -0.713. The molecule has 1 saturated heterocycles. The molecule has 9 nitrogen and oxygen atoms in total. The molecular weight excluding hydrogens is 510 g/mol. The molecule has 1 aliphatic rings. The number of hydrogen-bond donors (Lipinski definition) is 2. The summed E-state index contributed by atoms with van der Waals surface area (Å²) < 4.78 is 15.6. The zero-order chi connectivity index (χ0) is 29.3. The summed E-state index contributed by atoms with van der Waals surface area (Å²) in [5.41, 5.74) is 1.28. The Hall–Kier alpha value is -3.87. The molecule has 1 aliphatic heterocycles. The number of hydrogen-bond acceptors (Lipinski definition) is 7. The fourth-order valence-electron chi connectivity index (χ4n) is 4.07. The van der Waals surface area contributed by atoms with E-state index in [9.17, 15) is 14.4 Å². The van der Waals surface area contributed by atoms with Crippen LogP contribution in [0.15, 0.2) is 48.5 Å². The van der Waals surface area contributed by atoms with Crippen molar-refractivity contribution in [3.05, 3.63) is 70.8 Å². The molecule has 3 rings (SSSR count). The Bertz CT molecular complexity index is 1230. The Labute approximate surface area is 236 Å². The van der Waals surface area contributed by atoms with Gasteiger partial charge >= 0.3 is 12.1 Å². The van der Waals surface area contributed by atoms with Crippen LogP contribution in [0.25, 0.3) is 0 Å². The lowest BCUT2D eigenvalue weighted by atomic mass is 9.94. The highest BCUT2D eigenvalue weighted by atomic mass is 16.6. The van der Waals surface area contributed by atoms with Crippen LogP contribution < -0.4 is 10.6 Å². The maximum absolute atomic E-state index is 13.0. The molecule has 0 bridgehead atoms. The fraction of sp³-hybridized carbons (Fsp3) is 0.452. The van der Waals surface area contributed by atoms with Gasteiger partial charge in [-0.15, -0.1) is 0 Å². The van der Waals surface area contributed by atoms with Crippen LogP contribution in [-0.2, 0) is 25.5 Å². The van der Waals surface area contributed by atoms with Gasteiger partial charge in [0.1, 0.15) is 11.6 Å². The number of methoxy groups -OCH3 is 1. The number of esters is 1. The number of ether oxygens (including phenoxy) is 3. The smallest absolute Gasteiger partial charge is 0.408 e. The average molecular weight is 550 g/mol. The number of nitrogens with one attached hydrogen (secondary N) is 2. The zero-order valence-corrected chi connectivity index (χ0v) is 24.1. The highest BCUT2D eigenvalue weighted by Crippen LogP contribution is 2.16. The van der Waals surface area contributed by atoms with E-state index >= 15 is 0 Å². The highest BCUT2D eigenvalue weighted by molar-refractivity contribution is 5.97. The molecule has 1 heterocycles. The van der Waals surface area contributed by atoms with E-state index in [1.165, 1.54) is 12.7 Å². The van der Waals surface area contributed by atoms with Crippen molar-refractivity contribution in [3.63, 3.8) is 0 Å². The van der Waals surface area contributed by atoms with Gasteiger partial charge in [-0.25, -0.2) is 9.59 Å². The molecule has 214 valence electrons. The normalized spacial score (nSPS) is 14.8. The van der Waals surface area contributed by atoms with E-state index in [4.69, 9.17) is 14.2 Å². The summed E-state index contributed by atoms with van der Waals surface area (Å²) in [4.78, 5) is 40.2. The van der Waals surface area contributed by atoms with Crippen LogP contribution in [0.2, 0.25) is 0 Å². The molecule has 2 aromatic rings. The summed E-state index contributed by atoms with van der Waals surface area (Å²) >= 11 is 0. The molecule has 2 aromatic carbocycles. The molecule has 40 heavy (non-hydrogen) atoms. The van der Waals surface area contributed by atoms with E-state index in [0.717, 1.165) is 44.0 Å². The molecule has 0 aromatic heterocycles. The van der Waals surface area contributed by atoms with Crippen molar-refractivity contribution in [2.75, 3.05) is 33.4 Å². The second-order valence-electron chi connectivity index (χ2n) is 11.2.